The van der Waals surface area contributed by atoms with Crippen molar-refractivity contribution in [1.82, 2.24) is 0 Å². The van der Waals surface area contributed by atoms with Gasteiger partial charge in [-0.15, -0.1) is 6.58 Å². The molecule has 0 unspecified atom stereocenters. The van der Waals surface area contributed by atoms with Gasteiger partial charge in [-0.05, 0) is 86.3 Å². The van der Waals surface area contributed by atoms with E-state index in [1.807, 2.05) is 30.3 Å². The molecule has 190 valence electrons. The Morgan fingerprint density at radius 1 is 0.943 bits per heavy atom. The Kier molecular flexibility index (Phi) is 8.72. The molecule has 1 heterocycles. The van der Waals surface area contributed by atoms with Gasteiger partial charge in [-0.3, -0.25) is 0 Å². The monoisotopic (exact) mass is 486 g/mol. The van der Waals surface area contributed by atoms with Gasteiger partial charge in [0.15, 0.2) is 23.6 Å². The number of hydrogen-bond acceptors (Lipinski definition) is 2. The topological polar surface area (TPSA) is 18.5 Å². The van der Waals surface area contributed by atoms with Crippen LogP contribution in [0, 0.1) is 17.6 Å². The summed E-state index contributed by atoms with van der Waals surface area (Å²) in [4.78, 5) is 0. The second kappa shape index (κ2) is 11.7. The Hall–Kier alpha value is -2.11. The number of benzene rings is 2. The van der Waals surface area contributed by atoms with Crippen LogP contribution in [0.25, 0.3) is 11.1 Å². The van der Waals surface area contributed by atoms with E-state index in [0.29, 0.717) is 29.0 Å². The summed E-state index contributed by atoms with van der Waals surface area (Å²) in [6, 6.07) is 11.1. The average molecular weight is 487 g/mol. The lowest BCUT2D eigenvalue weighted by Crippen LogP contribution is -2.43. The largest absolute Gasteiger partial charge is 0.349 e. The summed E-state index contributed by atoms with van der Waals surface area (Å²) in [7, 11) is 0. The van der Waals surface area contributed by atoms with Crippen LogP contribution in [0.15, 0.2) is 49.1 Å². The minimum atomic E-state index is -1.36. The van der Waals surface area contributed by atoms with E-state index in [2.05, 4.69) is 6.58 Å². The van der Waals surface area contributed by atoms with Crippen molar-refractivity contribution in [2.24, 2.45) is 5.92 Å². The molecule has 0 radical (unpaired) electrons. The summed E-state index contributed by atoms with van der Waals surface area (Å²) in [6.45, 7) is 5.73. The van der Waals surface area contributed by atoms with Gasteiger partial charge < -0.3 is 9.47 Å². The highest BCUT2D eigenvalue weighted by Crippen LogP contribution is 2.40. The van der Waals surface area contributed by atoms with E-state index in [0.717, 1.165) is 56.9 Å². The van der Waals surface area contributed by atoms with Crippen molar-refractivity contribution in [3.05, 3.63) is 71.8 Å². The van der Waals surface area contributed by atoms with Crippen LogP contribution in [-0.2, 0) is 15.9 Å². The molecule has 0 N–H and O–H groups in total. The molecule has 2 aliphatic rings. The van der Waals surface area contributed by atoms with E-state index in [9.17, 15) is 4.39 Å². The molecule has 4 rings (SSSR count). The van der Waals surface area contributed by atoms with Gasteiger partial charge in [0.1, 0.15) is 0 Å². The molecule has 35 heavy (non-hydrogen) atoms. The maximum atomic E-state index is 15.1. The van der Waals surface area contributed by atoms with E-state index in [4.69, 9.17) is 9.47 Å². The Labute approximate surface area is 207 Å². The first-order valence-electron chi connectivity index (χ1n) is 13.0. The third kappa shape index (κ3) is 6.37. The molecule has 1 aliphatic carbocycles. The minimum absolute atomic E-state index is 0.0370. The minimum Gasteiger partial charge on any atom is -0.349 e. The van der Waals surface area contributed by atoms with Crippen molar-refractivity contribution in [3.8, 4) is 11.1 Å². The van der Waals surface area contributed by atoms with Gasteiger partial charge in [0.25, 0.3) is 0 Å². The Morgan fingerprint density at radius 2 is 1.63 bits per heavy atom. The van der Waals surface area contributed by atoms with Gasteiger partial charge in [0.05, 0.1) is 13.2 Å². The summed E-state index contributed by atoms with van der Waals surface area (Å²) in [6.07, 6.45) is 9.02. The van der Waals surface area contributed by atoms with Crippen LogP contribution in [0.4, 0.5) is 13.2 Å². The maximum absolute atomic E-state index is 15.1. The summed E-state index contributed by atoms with van der Waals surface area (Å²) in [5, 5.41) is 0. The fourth-order valence-electron chi connectivity index (χ4n) is 5.30. The third-order valence-corrected chi connectivity index (χ3v) is 7.80. The Bertz CT molecular complexity index is 972. The molecule has 2 nitrogen and oxygen atoms in total. The molecule has 0 aromatic heterocycles. The Morgan fingerprint density at radius 3 is 2.26 bits per heavy atom. The first-order chi connectivity index (χ1) is 16.9. The van der Waals surface area contributed by atoms with Crippen molar-refractivity contribution in [2.75, 3.05) is 13.2 Å². The molecule has 0 atom stereocenters. The maximum Gasteiger partial charge on any atom is 0.166 e. The molecule has 1 aliphatic heterocycles. The summed E-state index contributed by atoms with van der Waals surface area (Å²) in [5.74, 6) is -0.925. The molecule has 2 aromatic carbocycles. The SMILES string of the molecule is C=CCCc1ccc(-c2ccc(C3CCC(CCC4OCC(F)(CC)CO4)CC3)c(F)c2F)cc1. The van der Waals surface area contributed by atoms with Crippen LogP contribution < -0.4 is 0 Å². The van der Waals surface area contributed by atoms with Gasteiger partial charge in [-0.1, -0.05) is 49.4 Å². The van der Waals surface area contributed by atoms with E-state index < -0.39 is 17.3 Å². The van der Waals surface area contributed by atoms with Crippen LogP contribution >= 0.6 is 0 Å². The van der Waals surface area contributed by atoms with Gasteiger partial charge in [-0.25, -0.2) is 13.2 Å². The van der Waals surface area contributed by atoms with E-state index in [1.54, 1.807) is 19.1 Å². The fourth-order valence-corrected chi connectivity index (χ4v) is 5.30. The average Bonchev–Trinajstić information content (AvgIpc) is 2.89. The van der Waals surface area contributed by atoms with Gasteiger partial charge in [0, 0.05) is 5.56 Å². The van der Waals surface area contributed by atoms with Crippen molar-refractivity contribution in [1.29, 1.82) is 0 Å². The standard InChI is InChI=1S/C30H37F3O2/c1-3-5-6-21-7-12-23(13-8-21)25-16-17-26(29(32)28(25)31)24-14-9-22(10-15-24)11-18-27-34-19-30(33,4-2)20-35-27/h3,7-8,12-13,16-17,22,24,27H,1,4-6,9-11,14-15,18-20H2,2H3. The molecule has 2 fully saturated rings. The van der Waals surface area contributed by atoms with Gasteiger partial charge in [-0.2, -0.15) is 0 Å². The van der Waals surface area contributed by atoms with Crippen molar-refractivity contribution in [2.45, 2.75) is 82.6 Å². The number of aryl methyl sites for hydroxylation is 1. The zero-order valence-electron chi connectivity index (χ0n) is 20.7. The lowest BCUT2D eigenvalue weighted by atomic mass is 9.76. The van der Waals surface area contributed by atoms with Crippen molar-refractivity contribution >= 4 is 0 Å². The van der Waals surface area contributed by atoms with Gasteiger partial charge >= 0.3 is 0 Å². The number of ether oxygens (including phenoxy) is 2. The number of halogens is 3. The zero-order valence-corrected chi connectivity index (χ0v) is 20.7. The van der Waals surface area contributed by atoms with Crippen LogP contribution in [0.2, 0.25) is 0 Å². The van der Waals surface area contributed by atoms with Crippen LogP contribution in [-0.4, -0.2) is 25.2 Å². The van der Waals surface area contributed by atoms with Crippen LogP contribution in [0.1, 0.15) is 75.3 Å². The number of allylic oxidation sites excluding steroid dienone is 1. The van der Waals surface area contributed by atoms with Crippen LogP contribution in [0.3, 0.4) is 0 Å². The number of rotatable bonds is 9. The molecule has 0 spiro atoms. The van der Waals surface area contributed by atoms with E-state index in [-0.39, 0.29) is 25.4 Å². The lowest BCUT2D eigenvalue weighted by Gasteiger charge is -2.35. The normalized spacial score (nSPS) is 27.0. The van der Waals surface area contributed by atoms with Crippen molar-refractivity contribution < 1.29 is 22.6 Å². The summed E-state index contributed by atoms with van der Waals surface area (Å²) >= 11 is 0. The molecule has 1 saturated heterocycles. The number of hydrogen-bond donors (Lipinski definition) is 0. The second-order valence-corrected chi connectivity index (χ2v) is 10.2. The van der Waals surface area contributed by atoms with Crippen LogP contribution in [0.5, 0.6) is 0 Å². The molecular weight excluding hydrogens is 449 g/mol. The van der Waals surface area contributed by atoms with E-state index in [1.165, 1.54) is 0 Å². The highest BCUT2D eigenvalue weighted by molar-refractivity contribution is 5.65. The smallest absolute Gasteiger partial charge is 0.166 e. The summed E-state index contributed by atoms with van der Waals surface area (Å²) in [5.41, 5.74) is 1.28. The molecule has 0 amide bonds. The molecule has 1 saturated carbocycles. The zero-order chi connectivity index (χ0) is 24.8. The highest BCUT2D eigenvalue weighted by Gasteiger charge is 2.35. The van der Waals surface area contributed by atoms with Gasteiger partial charge in [0.2, 0.25) is 0 Å². The first-order valence-corrected chi connectivity index (χ1v) is 13.0. The predicted octanol–water partition coefficient (Wildman–Crippen LogP) is 8.30. The number of alkyl halides is 1. The lowest BCUT2D eigenvalue weighted by molar-refractivity contribution is -0.236. The molecule has 0 bridgehead atoms. The Balaban J connectivity index is 1.30. The highest BCUT2D eigenvalue weighted by atomic mass is 19.2. The molecular formula is C30H37F3O2. The second-order valence-electron chi connectivity index (χ2n) is 10.2. The third-order valence-electron chi connectivity index (χ3n) is 7.80. The quantitative estimate of drug-likeness (QED) is 0.332. The first kappa shape index (κ1) is 26.0. The summed E-state index contributed by atoms with van der Waals surface area (Å²) < 4.78 is 55.5. The fraction of sp³-hybridized carbons (Fsp3) is 0.533. The molecule has 2 aromatic rings. The van der Waals surface area contributed by atoms with E-state index >= 15 is 8.78 Å². The molecule has 5 heteroatoms. The van der Waals surface area contributed by atoms with Crippen molar-refractivity contribution in [3.63, 3.8) is 0 Å². The predicted molar refractivity (Wildman–Crippen MR) is 134 cm³/mol.